The maximum absolute atomic E-state index is 12.6. The first-order valence-electron chi connectivity index (χ1n) is 6.60. The predicted octanol–water partition coefficient (Wildman–Crippen LogP) is 2.98. The average Bonchev–Trinajstić information content (AvgIpc) is 2.56. The summed E-state index contributed by atoms with van der Waals surface area (Å²) in [5.41, 5.74) is 0.382. The van der Waals surface area contributed by atoms with Crippen LogP contribution in [-0.2, 0) is 14.6 Å². The van der Waals surface area contributed by atoms with E-state index in [2.05, 4.69) is 10.6 Å². The molecule has 0 fully saturated rings. The van der Waals surface area contributed by atoms with E-state index in [1.807, 2.05) is 0 Å². The van der Waals surface area contributed by atoms with Gasteiger partial charge < -0.3 is 10.6 Å². The highest BCUT2D eigenvalue weighted by atomic mass is 35.5. The number of likely N-dealkylation sites (N-methyl/N-ethyl adjacent to an activating group) is 1. The lowest BCUT2D eigenvalue weighted by Crippen LogP contribution is -2.26. The quantitative estimate of drug-likeness (QED) is 0.845. The van der Waals surface area contributed by atoms with Crippen LogP contribution in [0.1, 0.15) is 0 Å². The topological polar surface area (TPSA) is 75.3 Å². The van der Waals surface area contributed by atoms with E-state index in [0.717, 1.165) is 0 Å². The minimum atomic E-state index is -3.77. The highest BCUT2D eigenvalue weighted by molar-refractivity contribution is 7.91. The summed E-state index contributed by atoms with van der Waals surface area (Å²) in [6.07, 6.45) is 0. The molecule has 0 saturated heterocycles. The summed E-state index contributed by atoms with van der Waals surface area (Å²) in [4.78, 5) is 11.3. The Kier molecular flexibility index (Phi) is 5.51. The third kappa shape index (κ3) is 3.77. The Hall–Kier alpha value is -1.76. The second kappa shape index (κ2) is 7.21. The average molecular weight is 373 g/mol. The van der Waals surface area contributed by atoms with Crippen molar-refractivity contribution in [3.63, 3.8) is 0 Å². The molecule has 0 heterocycles. The van der Waals surface area contributed by atoms with E-state index < -0.39 is 9.84 Å². The number of nitrogens with one attached hydrogen (secondary N) is 2. The summed E-state index contributed by atoms with van der Waals surface area (Å²) >= 11 is 12.3. The van der Waals surface area contributed by atoms with Crippen LogP contribution in [0, 0.1) is 0 Å². The van der Waals surface area contributed by atoms with E-state index in [1.165, 1.54) is 31.3 Å². The monoisotopic (exact) mass is 372 g/mol. The van der Waals surface area contributed by atoms with Crippen LogP contribution in [0.25, 0.3) is 0 Å². The summed E-state index contributed by atoms with van der Waals surface area (Å²) in [6, 6.07) is 10.8. The molecular formula is C15H14Cl2N2O3S. The lowest BCUT2D eigenvalue weighted by molar-refractivity contribution is -0.118. The van der Waals surface area contributed by atoms with E-state index >= 15 is 0 Å². The van der Waals surface area contributed by atoms with Gasteiger partial charge in [0.1, 0.15) is 0 Å². The first-order valence-corrected chi connectivity index (χ1v) is 8.84. The van der Waals surface area contributed by atoms with E-state index in [9.17, 15) is 13.2 Å². The van der Waals surface area contributed by atoms with Crippen LogP contribution in [0.15, 0.2) is 52.3 Å². The predicted molar refractivity (Wildman–Crippen MR) is 90.9 cm³/mol. The first-order chi connectivity index (χ1) is 10.9. The van der Waals surface area contributed by atoms with E-state index in [-0.39, 0.29) is 32.3 Å². The Labute approximate surface area is 144 Å². The lowest BCUT2D eigenvalue weighted by Gasteiger charge is -2.12. The molecule has 122 valence electrons. The van der Waals surface area contributed by atoms with Gasteiger partial charge in [-0.3, -0.25) is 4.79 Å². The number of amides is 1. The van der Waals surface area contributed by atoms with Gasteiger partial charge in [0, 0.05) is 7.05 Å². The molecule has 0 atom stereocenters. The van der Waals surface area contributed by atoms with Gasteiger partial charge >= 0.3 is 0 Å². The lowest BCUT2D eigenvalue weighted by atomic mass is 10.3. The van der Waals surface area contributed by atoms with Gasteiger partial charge in [0.05, 0.1) is 32.1 Å². The Morgan fingerprint density at radius 1 is 1.04 bits per heavy atom. The zero-order valence-electron chi connectivity index (χ0n) is 12.1. The third-order valence-electron chi connectivity index (χ3n) is 3.11. The van der Waals surface area contributed by atoms with Crippen molar-refractivity contribution in [2.45, 2.75) is 9.79 Å². The largest absolute Gasteiger partial charge is 0.375 e. The number of hydrogen-bond acceptors (Lipinski definition) is 4. The van der Waals surface area contributed by atoms with Crippen LogP contribution in [0.4, 0.5) is 5.69 Å². The molecule has 2 rings (SSSR count). The van der Waals surface area contributed by atoms with E-state index in [1.54, 1.807) is 18.2 Å². The van der Waals surface area contributed by atoms with Crippen molar-refractivity contribution in [3.8, 4) is 0 Å². The van der Waals surface area contributed by atoms with Crippen molar-refractivity contribution in [2.24, 2.45) is 0 Å². The Balaban J connectivity index is 2.39. The van der Waals surface area contributed by atoms with Gasteiger partial charge in [-0.25, -0.2) is 8.42 Å². The number of hydrogen-bond donors (Lipinski definition) is 2. The maximum Gasteiger partial charge on any atom is 0.239 e. The molecular weight excluding hydrogens is 359 g/mol. The van der Waals surface area contributed by atoms with Crippen molar-refractivity contribution < 1.29 is 13.2 Å². The molecule has 2 aromatic rings. The van der Waals surface area contributed by atoms with Crippen LogP contribution in [0.2, 0.25) is 10.0 Å². The molecule has 0 aromatic heterocycles. The van der Waals surface area contributed by atoms with E-state index in [0.29, 0.717) is 5.69 Å². The number of anilines is 1. The molecule has 0 aliphatic carbocycles. The second-order valence-electron chi connectivity index (χ2n) is 4.58. The number of halogens is 2. The summed E-state index contributed by atoms with van der Waals surface area (Å²) in [5.74, 6) is -0.238. The molecule has 0 spiro atoms. The normalized spacial score (nSPS) is 11.1. The molecule has 0 radical (unpaired) electrons. The zero-order chi connectivity index (χ0) is 17.0. The van der Waals surface area contributed by atoms with Crippen LogP contribution in [0.3, 0.4) is 0 Å². The van der Waals surface area contributed by atoms with Gasteiger partial charge in [-0.2, -0.15) is 0 Å². The van der Waals surface area contributed by atoms with E-state index in [4.69, 9.17) is 23.2 Å². The summed E-state index contributed by atoms with van der Waals surface area (Å²) in [6.45, 7) is -0.00265. The Bertz CT molecular complexity index is 824. The number of benzene rings is 2. The fourth-order valence-electron chi connectivity index (χ4n) is 1.87. The second-order valence-corrected chi connectivity index (χ2v) is 7.26. The Morgan fingerprint density at radius 2 is 1.70 bits per heavy atom. The van der Waals surface area contributed by atoms with Crippen LogP contribution < -0.4 is 10.6 Å². The third-order valence-corrected chi connectivity index (χ3v) is 5.91. The summed E-state index contributed by atoms with van der Waals surface area (Å²) in [7, 11) is -2.26. The molecule has 0 saturated carbocycles. The molecule has 0 unspecified atom stereocenters. The molecule has 2 N–H and O–H groups in total. The SMILES string of the molecule is CNC(=O)CNc1ccc(S(=O)(=O)c2ccccc2)c(Cl)c1Cl. The standard InChI is InChI=1S/C15H14Cl2N2O3S/c1-18-13(20)9-19-11-7-8-12(15(17)14(11)16)23(21,22)10-5-3-2-4-6-10/h2-8,19H,9H2,1H3,(H,18,20). The van der Waals surface area contributed by atoms with Gasteiger partial charge in [-0.05, 0) is 24.3 Å². The molecule has 0 aliphatic heterocycles. The minimum Gasteiger partial charge on any atom is -0.375 e. The maximum atomic E-state index is 12.6. The molecule has 23 heavy (non-hydrogen) atoms. The van der Waals surface area contributed by atoms with Gasteiger partial charge in [0.2, 0.25) is 15.7 Å². The highest BCUT2D eigenvalue weighted by Crippen LogP contribution is 2.37. The van der Waals surface area contributed by atoms with Crippen molar-refractivity contribution >= 4 is 44.6 Å². The molecule has 0 aliphatic rings. The van der Waals surface area contributed by atoms with Gasteiger partial charge in [0.15, 0.2) is 0 Å². The Morgan fingerprint density at radius 3 is 2.30 bits per heavy atom. The molecule has 5 nitrogen and oxygen atoms in total. The van der Waals surface area contributed by atoms with Crippen LogP contribution >= 0.6 is 23.2 Å². The first kappa shape index (κ1) is 17.6. The molecule has 8 heteroatoms. The minimum absolute atomic E-state index is 0.00265. The number of carbonyl (C=O) groups excluding carboxylic acids is 1. The van der Waals surface area contributed by atoms with Gasteiger partial charge in [-0.15, -0.1) is 0 Å². The smallest absolute Gasteiger partial charge is 0.239 e. The molecule has 2 aromatic carbocycles. The van der Waals surface area contributed by atoms with Crippen LogP contribution in [-0.4, -0.2) is 27.9 Å². The highest BCUT2D eigenvalue weighted by Gasteiger charge is 2.23. The summed E-state index contributed by atoms with van der Waals surface area (Å²) in [5, 5.41) is 5.22. The zero-order valence-corrected chi connectivity index (χ0v) is 14.5. The summed E-state index contributed by atoms with van der Waals surface area (Å²) < 4.78 is 25.2. The van der Waals surface area contributed by atoms with Gasteiger partial charge in [0.25, 0.3) is 0 Å². The van der Waals surface area contributed by atoms with Crippen molar-refractivity contribution in [1.29, 1.82) is 0 Å². The van der Waals surface area contributed by atoms with Crippen LogP contribution in [0.5, 0.6) is 0 Å². The fourth-order valence-corrected chi connectivity index (χ4v) is 3.98. The fraction of sp³-hybridized carbons (Fsp3) is 0.133. The molecule has 0 bridgehead atoms. The van der Waals surface area contributed by atoms with Crippen molar-refractivity contribution in [3.05, 3.63) is 52.5 Å². The molecule has 1 amide bonds. The van der Waals surface area contributed by atoms with Crippen molar-refractivity contribution in [1.82, 2.24) is 5.32 Å². The number of carbonyl (C=O) groups is 1. The van der Waals surface area contributed by atoms with Crippen molar-refractivity contribution in [2.75, 3.05) is 18.9 Å². The number of sulfone groups is 1. The van der Waals surface area contributed by atoms with Gasteiger partial charge in [-0.1, -0.05) is 41.4 Å². The number of rotatable bonds is 5.